The van der Waals surface area contributed by atoms with E-state index >= 15 is 0 Å². The van der Waals surface area contributed by atoms with Gasteiger partial charge < -0.3 is 14.8 Å². The fraction of sp³-hybridized carbons (Fsp3) is 0.235. The summed E-state index contributed by atoms with van der Waals surface area (Å²) in [5, 5.41) is 17.3. The molecule has 10 nitrogen and oxygen atoms in total. The predicted octanol–water partition coefficient (Wildman–Crippen LogP) is 1.65. The van der Waals surface area contributed by atoms with Gasteiger partial charge in [-0.1, -0.05) is 18.2 Å². The number of imide groups is 1. The van der Waals surface area contributed by atoms with E-state index in [0.29, 0.717) is 13.0 Å². The molecule has 1 aromatic carbocycles. The molecule has 1 aromatic heterocycles. The van der Waals surface area contributed by atoms with Crippen LogP contribution in [0.15, 0.2) is 41.8 Å². The lowest BCUT2D eigenvalue weighted by Crippen LogP contribution is -2.42. The van der Waals surface area contributed by atoms with Crippen LogP contribution < -0.4 is 15.4 Å². The summed E-state index contributed by atoms with van der Waals surface area (Å²) in [5.74, 6) is -1.82. The Kier molecular flexibility index (Phi) is 7.91. The maximum Gasteiger partial charge on any atom is 0.344 e. The zero-order chi connectivity index (χ0) is 20.4. The number of nitrogens with one attached hydrogen (secondary N) is 2. The van der Waals surface area contributed by atoms with E-state index in [1.165, 1.54) is 24.3 Å². The molecule has 1 heterocycles. The van der Waals surface area contributed by atoms with Gasteiger partial charge in [0.25, 0.3) is 5.91 Å². The lowest BCUT2D eigenvalue weighted by molar-refractivity contribution is -0.385. The van der Waals surface area contributed by atoms with Crippen LogP contribution in [0.4, 0.5) is 10.5 Å². The highest BCUT2D eigenvalue weighted by molar-refractivity contribution is 7.09. The highest BCUT2D eigenvalue weighted by Crippen LogP contribution is 2.25. The second kappa shape index (κ2) is 10.6. The second-order valence-corrected chi connectivity index (χ2v) is 6.34. The number of carbonyl (C=O) groups excluding carboxylic acids is 3. The van der Waals surface area contributed by atoms with E-state index in [2.05, 4.69) is 10.1 Å². The number of nitrogens with zero attached hydrogens (tertiary/aromatic N) is 1. The number of benzene rings is 1. The molecule has 148 valence electrons. The first kappa shape index (κ1) is 20.8. The molecular formula is C17H17N3O7S. The largest absolute Gasteiger partial charge is 0.475 e. The summed E-state index contributed by atoms with van der Waals surface area (Å²) in [6, 6.07) is 8.66. The van der Waals surface area contributed by atoms with Crippen molar-refractivity contribution in [1.29, 1.82) is 0 Å². The van der Waals surface area contributed by atoms with Crippen LogP contribution in [0.1, 0.15) is 4.88 Å². The number of nitro groups is 1. The fourth-order valence-electron chi connectivity index (χ4n) is 2.02. The van der Waals surface area contributed by atoms with Crippen LogP contribution in [0.2, 0.25) is 0 Å². The molecule has 0 aliphatic heterocycles. The number of para-hydroxylation sites is 2. The fourth-order valence-corrected chi connectivity index (χ4v) is 2.72. The lowest BCUT2D eigenvalue weighted by atomic mass is 10.3. The first-order valence-corrected chi connectivity index (χ1v) is 8.95. The molecule has 0 atom stereocenters. The van der Waals surface area contributed by atoms with E-state index < -0.39 is 36.0 Å². The van der Waals surface area contributed by atoms with Crippen molar-refractivity contribution >= 4 is 34.9 Å². The van der Waals surface area contributed by atoms with Gasteiger partial charge >= 0.3 is 17.7 Å². The van der Waals surface area contributed by atoms with Gasteiger partial charge in [0, 0.05) is 17.5 Å². The number of amides is 3. The number of rotatable bonds is 9. The van der Waals surface area contributed by atoms with E-state index in [0.717, 1.165) is 4.88 Å². The van der Waals surface area contributed by atoms with Crippen molar-refractivity contribution in [3.8, 4) is 5.75 Å². The Morgan fingerprint density at radius 3 is 2.61 bits per heavy atom. The number of thiophene rings is 1. The summed E-state index contributed by atoms with van der Waals surface area (Å²) in [4.78, 5) is 46.0. The number of hydrogen-bond donors (Lipinski definition) is 2. The summed E-state index contributed by atoms with van der Waals surface area (Å²) in [6.07, 6.45) is 0.636. The van der Waals surface area contributed by atoms with Crippen LogP contribution in [0.3, 0.4) is 0 Å². The van der Waals surface area contributed by atoms with Crippen molar-refractivity contribution in [2.75, 3.05) is 19.8 Å². The van der Waals surface area contributed by atoms with E-state index in [4.69, 9.17) is 4.74 Å². The highest BCUT2D eigenvalue weighted by atomic mass is 32.1. The molecule has 2 aromatic rings. The van der Waals surface area contributed by atoms with E-state index in [1.807, 2.05) is 22.8 Å². The SMILES string of the molecule is O=C(COC(=O)COc1ccccc1[N+](=O)[O-])NC(=O)NCCc1cccs1. The van der Waals surface area contributed by atoms with Gasteiger partial charge in [-0.05, 0) is 23.9 Å². The molecule has 0 fully saturated rings. The number of hydrogen-bond acceptors (Lipinski definition) is 8. The van der Waals surface area contributed by atoms with Crippen LogP contribution in [-0.2, 0) is 20.7 Å². The minimum absolute atomic E-state index is 0.0981. The topological polar surface area (TPSA) is 137 Å². The molecule has 0 saturated carbocycles. The maximum absolute atomic E-state index is 11.6. The Bertz CT molecular complexity index is 839. The lowest BCUT2D eigenvalue weighted by Gasteiger charge is -2.08. The van der Waals surface area contributed by atoms with Crippen molar-refractivity contribution in [2.45, 2.75) is 6.42 Å². The number of urea groups is 1. The van der Waals surface area contributed by atoms with Gasteiger partial charge in [-0.3, -0.25) is 20.2 Å². The summed E-state index contributed by atoms with van der Waals surface area (Å²) >= 11 is 1.56. The van der Waals surface area contributed by atoms with Gasteiger partial charge in [-0.2, -0.15) is 0 Å². The van der Waals surface area contributed by atoms with Crippen LogP contribution in [-0.4, -0.2) is 42.6 Å². The molecule has 0 saturated heterocycles. The maximum atomic E-state index is 11.6. The zero-order valence-electron chi connectivity index (χ0n) is 14.6. The molecule has 0 aliphatic carbocycles. The van der Waals surface area contributed by atoms with Crippen molar-refractivity contribution in [3.05, 3.63) is 56.8 Å². The molecule has 0 radical (unpaired) electrons. The third kappa shape index (κ3) is 7.03. The average Bonchev–Trinajstić information content (AvgIpc) is 3.18. The zero-order valence-corrected chi connectivity index (χ0v) is 15.4. The van der Waals surface area contributed by atoms with Crippen LogP contribution >= 0.6 is 11.3 Å². The Hall–Kier alpha value is -3.47. The first-order chi connectivity index (χ1) is 13.5. The number of ether oxygens (including phenoxy) is 2. The summed E-state index contributed by atoms with van der Waals surface area (Å²) in [7, 11) is 0. The monoisotopic (exact) mass is 407 g/mol. The molecule has 0 unspecified atom stereocenters. The van der Waals surface area contributed by atoms with Crippen LogP contribution in [0.25, 0.3) is 0 Å². The number of nitro benzene ring substituents is 1. The predicted molar refractivity (Wildman–Crippen MR) is 99.1 cm³/mol. The van der Waals surface area contributed by atoms with Gasteiger partial charge in [-0.25, -0.2) is 9.59 Å². The van der Waals surface area contributed by atoms with Gasteiger partial charge in [0.05, 0.1) is 4.92 Å². The highest BCUT2D eigenvalue weighted by Gasteiger charge is 2.16. The van der Waals surface area contributed by atoms with E-state index in [9.17, 15) is 24.5 Å². The first-order valence-electron chi connectivity index (χ1n) is 8.07. The van der Waals surface area contributed by atoms with Gasteiger partial charge in [0.15, 0.2) is 19.0 Å². The molecule has 0 aliphatic rings. The van der Waals surface area contributed by atoms with Crippen molar-refractivity contribution in [1.82, 2.24) is 10.6 Å². The van der Waals surface area contributed by atoms with Crippen molar-refractivity contribution in [2.24, 2.45) is 0 Å². The number of esters is 1. The molecule has 2 rings (SSSR count). The molecule has 3 amide bonds. The Balaban J connectivity index is 1.64. The molecule has 2 N–H and O–H groups in total. The van der Waals surface area contributed by atoms with Crippen molar-refractivity contribution < 1.29 is 28.8 Å². The van der Waals surface area contributed by atoms with Gasteiger partial charge in [-0.15, -0.1) is 11.3 Å². The quantitative estimate of drug-likeness (QED) is 0.366. The molecule has 11 heteroatoms. The third-order valence-corrected chi connectivity index (χ3v) is 4.20. The van der Waals surface area contributed by atoms with E-state index in [-0.39, 0.29) is 11.4 Å². The molecule has 28 heavy (non-hydrogen) atoms. The third-order valence-electron chi connectivity index (χ3n) is 3.26. The van der Waals surface area contributed by atoms with Crippen molar-refractivity contribution in [3.63, 3.8) is 0 Å². The Morgan fingerprint density at radius 2 is 1.89 bits per heavy atom. The summed E-state index contributed by atoms with van der Waals surface area (Å²) in [5.41, 5.74) is -0.299. The number of carbonyl (C=O) groups is 3. The summed E-state index contributed by atoms with van der Waals surface area (Å²) in [6.45, 7) is -0.953. The normalized spacial score (nSPS) is 10.0. The van der Waals surface area contributed by atoms with Gasteiger partial charge in [0.2, 0.25) is 0 Å². The van der Waals surface area contributed by atoms with Crippen LogP contribution in [0.5, 0.6) is 5.75 Å². The minimum Gasteiger partial charge on any atom is -0.475 e. The average molecular weight is 407 g/mol. The van der Waals surface area contributed by atoms with Gasteiger partial charge in [0.1, 0.15) is 0 Å². The summed E-state index contributed by atoms with van der Waals surface area (Å²) < 4.78 is 9.70. The molecule has 0 bridgehead atoms. The molecule has 0 spiro atoms. The second-order valence-electron chi connectivity index (χ2n) is 5.31. The van der Waals surface area contributed by atoms with Crippen LogP contribution in [0, 0.1) is 10.1 Å². The Labute approximate surface area is 163 Å². The molecular weight excluding hydrogens is 390 g/mol. The van der Waals surface area contributed by atoms with E-state index in [1.54, 1.807) is 11.3 Å². The minimum atomic E-state index is -0.911. The Morgan fingerprint density at radius 1 is 1.11 bits per heavy atom. The smallest absolute Gasteiger partial charge is 0.344 e. The standard InChI is InChI=1S/C17H17N3O7S/c21-15(19-17(23)18-8-7-12-4-3-9-28-12)10-27-16(22)11-26-14-6-2-1-5-13(14)20(24)25/h1-6,9H,7-8,10-11H2,(H2,18,19,21,23).